The van der Waals surface area contributed by atoms with Crippen LogP contribution in [0, 0.1) is 0 Å². The summed E-state index contributed by atoms with van der Waals surface area (Å²) in [5.41, 5.74) is 3.92. The molecule has 2 heterocycles. The van der Waals surface area contributed by atoms with Gasteiger partial charge < -0.3 is 19.9 Å². The average molecular weight is 361 g/mol. The number of fused-ring (bicyclic) bond motifs is 1. The molecule has 0 bridgehead atoms. The number of ether oxygens (including phenoxy) is 3. The van der Waals surface area contributed by atoms with Gasteiger partial charge in [0.2, 0.25) is 12.6 Å². The van der Waals surface area contributed by atoms with Gasteiger partial charge in [0.05, 0.1) is 5.56 Å². The number of benzene rings is 1. The van der Waals surface area contributed by atoms with Gasteiger partial charge in [0.1, 0.15) is 11.4 Å². The van der Waals surface area contributed by atoms with Crippen LogP contribution in [0.5, 0.6) is 11.5 Å². The van der Waals surface area contributed by atoms with E-state index in [9.17, 15) is 19.2 Å². The number of rotatable bonds is 4. The molecule has 0 radical (unpaired) electrons. The Morgan fingerprint density at radius 1 is 1.15 bits per heavy atom. The number of ketones is 1. The van der Waals surface area contributed by atoms with E-state index >= 15 is 0 Å². The zero-order chi connectivity index (χ0) is 19.0. The lowest BCUT2D eigenvalue weighted by Crippen LogP contribution is -2.42. The monoisotopic (exact) mass is 361 g/mol. The van der Waals surface area contributed by atoms with Crippen LogP contribution in [0.2, 0.25) is 0 Å². The quantitative estimate of drug-likeness (QED) is 0.566. The van der Waals surface area contributed by atoms with Crippen LogP contribution >= 0.6 is 0 Å². The van der Waals surface area contributed by atoms with E-state index in [1.807, 2.05) is 0 Å². The summed E-state index contributed by atoms with van der Waals surface area (Å²) in [7, 11) is 2.55. The molecule has 1 aromatic heterocycles. The summed E-state index contributed by atoms with van der Waals surface area (Å²) in [5, 5.41) is 0. The maximum absolute atomic E-state index is 12.3. The fourth-order valence-electron chi connectivity index (χ4n) is 2.43. The van der Waals surface area contributed by atoms with Crippen molar-refractivity contribution in [3.63, 3.8) is 0 Å². The van der Waals surface area contributed by atoms with Crippen LogP contribution in [-0.4, -0.2) is 34.3 Å². The van der Waals surface area contributed by atoms with E-state index < -0.39 is 35.2 Å². The molecule has 10 nitrogen and oxygen atoms in total. The molecule has 26 heavy (non-hydrogen) atoms. The van der Waals surface area contributed by atoms with Crippen molar-refractivity contribution in [3.8, 4) is 11.5 Å². The summed E-state index contributed by atoms with van der Waals surface area (Å²) in [6, 6.07) is 4.43. The fourth-order valence-corrected chi connectivity index (χ4v) is 2.43. The van der Waals surface area contributed by atoms with Crippen molar-refractivity contribution in [1.29, 1.82) is 0 Å². The molecular weight excluding hydrogens is 346 g/mol. The van der Waals surface area contributed by atoms with Gasteiger partial charge in [0.15, 0.2) is 18.1 Å². The second-order valence-electron chi connectivity index (χ2n) is 5.53. The number of aromatic nitrogens is 2. The van der Waals surface area contributed by atoms with E-state index in [2.05, 4.69) is 0 Å². The lowest BCUT2D eigenvalue weighted by molar-refractivity contribution is 0.0474. The molecule has 0 atom stereocenters. The Hall–Kier alpha value is -3.56. The van der Waals surface area contributed by atoms with Crippen LogP contribution in [0.1, 0.15) is 20.7 Å². The Morgan fingerprint density at radius 2 is 1.85 bits per heavy atom. The number of Topliss-reactive ketones (excluding diaryl/α,β-unsaturated/α-hetero) is 1. The summed E-state index contributed by atoms with van der Waals surface area (Å²) >= 11 is 0. The molecule has 1 aliphatic heterocycles. The minimum atomic E-state index is -0.852. The van der Waals surface area contributed by atoms with E-state index in [0.29, 0.717) is 11.5 Å². The number of esters is 1. The molecule has 2 N–H and O–H groups in total. The van der Waals surface area contributed by atoms with Gasteiger partial charge in [0.25, 0.3) is 5.56 Å². The van der Waals surface area contributed by atoms with Crippen molar-refractivity contribution >= 4 is 17.6 Å². The van der Waals surface area contributed by atoms with Crippen LogP contribution in [-0.2, 0) is 18.8 Å². The molecule has 3 rings (SSSR count). The zero-order valence-electron chi connectivity index (χ0n) is 14.0. The first-order valence-corrected chi connectivity index (χ1v) is 7.46. The highest BCUT2D eigenvalue weighted by molar-refractivity contribution is 6.02. The van der Waals surface area contributed by atoms with Gasteiger partial charge in [0, 0.05) is 14.1 Å². The number of anilines is 1. The van der Waals surface area contributed by atoms with E-state index in [1.165, 1.54) is 26.2 Å². The molecule has 0 aliphatic carbocycles. The van der Waals surface area contributed by atoms with Crippen LogP contribution in [0.3, 0.4) is 0 Å². The summed E-state index contributed by atoms with van der Waals surface area (Å²) in [5.74, 6) is -0.993. The Labute approximate surface area is 146 Å². The van der Waals surface area contributed by atoms with Crippen molar-refractivity contribution in [1.82, 2.24) is 9.13 Å². The third kappa shape index (κ3) is 2.81. The molecule has 1 aliphatic rings. The van der Waals surface area contributed by atoms with Crippen molar-refractivity contribution in [2.24, 2.45) is 14.1 Å². The second-order valence-corrected chi connectivity index (χ2v) is 5.53. The molecule has 1 aromatic carbocycles. The Balaban J connectivity index is 1.78. The van der Waals surface area contributed by atoms with Crippen LogP contribution in [0.4, 0.5) is 5.82 Å². The summed E-state index contributed by atoms with van der Waals surface area (Å²) < 4.78 is 17.0. The number of nitrogens with two attached hydrogens (primary N) is 1. The highest BCUT2D eigenvalue weighted by Crippen LogP contribution is 2.32. The largest absolute Gasteiger partial charge is 0.454 e. The van der Waals surface area contributed by atoms with Gasteiger partial charge in [-0.15, -0.1) is 0 Å². The SMILES string of the molecule is Cn1c(N)c(C(=O)COC(=O)c2ccc3c(c2)OCO3)c(=O)n(C)c1=O. The maximum atomic E-state index is 12.3. The minimum absolute atomic E-state index is 0.0572. The molecule has 0 spiro atoms. The number of nitrogens with zero attached hydrogens (tertiary/aromatic N) is 2. The van der Waals surface area contributed by atoms with Crippen molar-refractivity contribution in [2.45, 2.75) is 0 Å². The van der Waals surface area contributed by atoms with Gasteiger partial charge in [-0.1, -0.05) is 0 Å². The molecule has 2 aromatic rings. The summed E-state index contributed by atoms with van der Waals surface area (Å²) in [6.07, 6.45) is 0. The third-order valence-electron chi connectivity index (χ3n) is 3.93. The molecule has 136 valence electrons. The zero-order valence-corrected chi connectivity index (χ0v) is 14.0. The average Bonchev–Trinajstić information content (AvgIpc) is 3.10. The lowest BCUT2D eigenvalue weighted by Gasteiger charge is -2.11. The van der Waals surface area contributed by atoms with E-state index in [1.54, 1.807) is 6.07 Å². The van der Waals surface area contributed by atoms with Crippen molar-refractivity contribution in [3.05, 3.63) is 50.2 Å². The highest BCUT2D eigenvalue weighted by atomic mass is 16.7. The van der Waals surface area contributed by atoms with E-state index in [0.717, 1.165) is 9.13 Å². The Morgan fingerprint density at radius 3 is 2.58 bits per heavy atom. The highest BCUT2D eigenvalue weighted by Gasteiger charge is 2.22. The molecular formula is C16H15N3O7. The Kier molecular flexibility index (Phi) is 4.24. The van der Waals surface area contributed by atoms with E-state index in [-0.39, 0.29) is 18.2 Å². The molecule has 0 unspecified atom stereocenters. The fraction of sp³-hybridized carbons (Fsp3) is 0.250. The number of carbonyl (C=O) groups is 2. The molecule has 0 amide bonds. The van der Waals surface area contributed by atoms with Crippen molar-refractivity contribution < 1.29 is 23.8 Å². The van der Waals surface area contributed by atoms with Gasteiger partial charge in [-0.2, -0.15) is 0 Å². The first-order chi connectivity index (χ1) is 12.3. The Bertz CT molecular complexity index is 1040. The normalized spacial score (nSPS) is 12.1. The predicted molar refractivity (Wildman–Crippen MR) is 88.5 cm³/mol. The van der Waals surface area contributed by atoms with Crippen LogP contribution < -0.4 is 26.5 Å². The van der Waals surface area contributed by atoms with Gasteiger partial charge in [-0.25, -0.2) is 9.59 Å². The van der Waals surface area contributed by atoms with Crippen LogP contribution in [0.15, 0.2) is 27.8 Å². The third-order valence-corrected chi connectivity index (χ3v) is 3.93. The lowest BCUT2D eigenvalue weighted by atomic mass is 10.2. The molecule has 0 fully saturated rings. The molecule has 0 saturated carbocycles. The maximum Gasteiger partial charge on any atom is 0.338 e. The summed E-state index contributed by atoms with van der Waals surface area (Å²) in [4.78, 5) is 48.3. The van der Waals surface area contributed by atoms with Gasteiger partial charge in [-0.3, -0.25) is 18.7 Å². The number of hydrogen-bond donors (Lipinski definition) is 1. The number of hydrogen-bond acceptors (Lipinski definition) is 8. The van der Waals surface area contributed by atoms with E-state index in [4.69, 9.17) is 19.9 Å². The van der Waals surface area contributed by atoms with Crippen LogP contribution in [0.25, 0.3) is 0 Å². The topological polar surface area (TPSA) is 132 Å². The number of carbonyl (C=O) groups excluding carboxylic acids is 2. The second kappa shape index (κ2) is 6.39. The molecule has 10 heteroatoms. The molecule has 0 saturated heterocycles. The number of nitrogen functional groups attached to an aromatic ring is 1. The van der Waals surface area contributed by atoms with Gasteiger partial charge >= 0.3 is 11.7 Å². The predicted octanol–water partition coefficient (Wildman–Crippen LogP) is -0.565. The smallest absolute Gasteiger partial charge is 0.338 e. The minimum Gasteiger partial charge on any atom is -0.454 e. The first kappa shape index (κ1) is 17.3. The first-order valence-electron chi connectivity index (χ1n) is 7.46. The summed E-state index contributed by atoms with van der Waals surface area (Å²) in [6.45, 7) is -0.646. The van der Waals surface area contributed by atoms with Gasteiger partial charge in [-0.05, 0) is 18.2 Å². The van der Waals surface area contributed by atoms with Crippen molar-refractivity contribution in [2.75, 3.05) is 19.1 Å². The standard InChI is InChI=1S/C16H15N3O7/c1-18-13(17)12(14(21)19(2)16(18)23)9(20)6-24-15(22)8-3-4-10-11(5-8)26-7-25-10/h3-5H,6-7,17H2,1-2H3.